The summed E-state index contributed by atoms with van der Waals surface area (Å²) in [7, 11) is 1.92. The highest BCUT2D eigenvalue weighted by Crippen LogP contribution is 2.07. The molecule has 0 aliphatic rings. The third-order valence-electron chi connectivity index (χ3n) is 3.15. The van der Waals surface area contributed by atoms with E-state index in [1.54, 1.807) is 0 Å². The fourth-order valence-electron chi connectivity index (χ4n) is 1.73. The van der Waals surface area contributed by atoms with Crippen molar-refractivity contribution in [1.82, 2.24) is 10.2 Å². The van der Waals surface area contributed by atoms with Crippen molar-refractivity contribution in [2.24, 2.45) is 11.8 Å². The van der Waals surface area contributed by atoms with E-state index in [4.69, 9.17) is 0 Å². The topological polar surface area (TPSA) is 35.5 Å². The maximum atomic E-state index is 9.24. The fraction of sp³-hybridized carbons (Fsp3) is 1.00. The molecule has 0 aliphatic carbocycles. The molecule has 0 heterocycles. The summed E-state index contributed by atoms with van der Waals surface area (Å²) in [4.78, 5) is 2.48. The molecule has 0 spiro atoms. The Balaban J connectivity index is 4.08. The predicted molar refractivity (Wildman–Crippen MR) is 75.3 cm³/mol. The van der Waals surface area contributed by atoms with E-state index in [0.717, 1.165) is 31.5 Å². The molecule has 0 rings (SSSR count). The third-order valence-corrected chi connectivity index (χ3v) is 3.15. The van der Waals surface area contributed by atoms with Crippen LogP contribution in [0.4, 0.5) is 0 Å². The molecule has 0 fully saturated rings. The number of likely N-dealkylation sites (N-methyl/N-ethyl adjacent to an activating group) is 1. The van der Waals surface area contributed by atoms with Gasteiger partial charge in [-0.1, -0.05) is 27.7 Å². The van der Waals surface area contributed by atoms with E-state index < -0.39 is 0 Å². The van der Waals surface area contributed by atoms with Gasteiger partial charge in [0.1, 0.15) is 0 Å². The van der Waals surface area contributed by atoms with Gasteiger partial charge in [-0.05, 0) is 44.8 Å². The van der Waals surface area contributed by atoms with E-state index in [1.165, 1.54) is 12.8 Å². The SMILES string of the molecule is CNC(CO)CN(CCC(C)C)CCC(C)C. The molecule has 0 aliphatic heterocycles. The maximum absolute atomic E-state index is 9.24. The predicted octanol–water partition coefficient (Wildman–Crippen LogP) is 1.96. The van der Waals surface area contributed by atoms with E-state index in [0.29, 0.717) is 0 Å². The van der Waals surface area contributed by atoms with Crippen LogP contribution in [0.15, 0.2) is 0 Å². The quantitative estimate of drug-likeness (QED) is 0.617. The Morgan fingerprint density at radius 3 is 1.76 bits per heavy atom. The summed E-state index contributed by atoms with van der Waals surface area (Å²) in [6.07, 6.45) is 2.47. The van der Waals surface area contributed by atoms with Crippen molar-refractivity contribution in [2.75, 3.05) is 33.3 Å². The van der Waals surface area contributed by atoms with Gasteiger partial charge < -0.3 is 15.3 Å². The molecule has 1 unspecified atom stereocenters. The molecular formula is C14H32N2O. The van der Waals surface area contributed by atoms with E-state index >= 15 is 0 Å². The van der Waals surface area contributed by atoms with Crippen LogP contribution in [0.1, 0.15) is 40.5 Å². The summed E-state index contributed by atoms with van der Waals surface area (Å²) in [5.74, 6) is 1.50. The molecule has 0 aromatic rings. The number of nitrogens with zero attached hydrogens (tertiary/aromatic N) is 1. The van der Waals surface area contributed by atoms with Crippen LogP contribution in [0.2, 0.25) is 0 Å². The van der Waals surface area contributed by atoms with Crippen LogP contribution >= 0.6 is 0 Å². The minimum Gasteiger partial charge on any atom is -0.395 e. The average molecular weight is 244 g/mol. The van der Waals surface area contributed by atoms with Crippen LogP contribution in [0.25, 0.3) is 0 Å². The van der Waals surface area contributed by atoms with E-state index in [2.05, 4.69) is 37.9 Å². The summed E-state index contributed by atoms with van der Waals surface area (Å²) < 4.78 is 0. The van der Waals surface area contributed by atoms with Gasteiger partial charge in [0.15, 0.2) is 0 Å². The molecule has 0 amide bonds. The van der Waals surface area contributed by atoms with E-state index in [9.17, 15) is 5.11 Å². The monoisotopic (exact) mass is 244 g/mol. The van der Waals surface area contributed by atoms with Gasteiger partial charge in [-0.15, -0.1) is 0 Å². The first-order valence-electron chi connectivity index (χ1n) is 7.00. The summed E-state index contributed by atoms with van der Waals surface area (Å²) in [6, 6.07) is 0.203. The molecule has 104 valence electrons. The lowest BCUT2D eigenvalue weighted by Crippen LogP contribution is -2.43. The van der Waals surface area contributed by atoms with Crippen LogP contribution in [0, 0.1) is 11.8 Å². The third kappa shape index (κ3) is 9.57. The zero-order valence-electron chi connectivity index (χ0n) is 12.4. The summed E-state index contributed by atoms with van der Waals surface area (Å²) in [6.45, 7) is 12.5. The minimum atomic E-state index is 0.203. The lowest BCUT2D eigenvalue weighted by atomic mass is 10.1. The number of hydrogen-bond acceptors (Lipinski definition) is 3. The molecule has 3 nitrogen and oxygen atoms in total. The van der Waals surface area contributed by atoms with Gasteiger partial charge in [0.05, 0.1) is 6.61 Å². The molecule has 1 atom stereocenters. The number of hydrogen-bond donors (Lipinski definition) is 2. The molecule has 2 N–H and O–H groups in total. The van der Waals surface area contributed by atoms with Crippen molar-refractivity contribution >= 4 is 0 Å². The highest BCUT2D eigenvalue weighted by Gasteiger charge is 2.12. The Morgan fingerprint density at radius 1 is 1.00 bits per heavy atom. The highest BCUT2D eigenvalue weighted by molar-refractivity contribution is 4.70. The van der Waals surface area contributed by atoms with Crippen LogP contribution < -0.4 is 5.32 Å². The molecule has 17 heavy (non-hydrogen) atoms. The number of rotatable bonds is 10. The normalized spacial score (nSPS) is 13.9. The van der Waals surface area contributed by atoms with Gasteiger partial charge in [0.2, 0.25) is 0 Å². The van der Waals surface area contributed by atoms with Crippen molar-refractivity contribution in [3.63, 3.8) is 0 Å². The number of aliphatic hydroxyl groups excluding tert-OH is 1. The first-order valence-corrected chi connectivity index (χ1v) is 7.00. The zero-order valence-corrected chi connectivity index (χ0v) is 12.4. The number of nitrogens with one attached hydrogen (secondary N) is 1. The molecule has 0 saturated carbocycles. The van der Waals surface area contributed by atoms with Crippen LogP contribution in [-0.2, 0) is 0 Å². The average Bonchev–Trinajstić information content (AvgIpc) is 2.27. The first kappa shape index (κ1) is 16.9. The molecular weight excluding hydrogens is 212 g/mol. The molecule has 0 bridgehead atoms. The van der Waals surface area contributed by atoms with Gasteiger partial charge in [-0.25, -0.2) is 0 Å². The van der Waals surface area contributed by atoms with Crippen molar-refractivity contribution in [1.29, 1.82) is 0 Å². The summed E-state index contributed by atoms with van der Waals surface area (Å²) in [5, 5.41) is 12.4. The Bertz CT molecular complexity index is 156. The van der Waals surface area contributed by atoms with Crippen molar-refractivity contribution in [3.05, 3.63) is 0 Å². The Morgan fingerprint density at radius 2 is 1.47 bits per heavy atom. The molecule has 0 saturated heterocycles. The van der Waals surface area contributed by atoms with Gasteiger partial charge >= 0.3 is 0 Å². The van der Waals surface area contributed by atoms with Gasteiger partial charge in [0, 0.05) is 12.6 Å². The van der Waals surface area contributed by atoms with E-state index in [-0.39, 0.29) is 12.6 Å². The highest BCUT2D eigenvalue weighted by atomic mass is 16.3. The largest absolute Gasteiger partial charge is 0.395 e. The van der Waals surface area contributed by atoms with Crippen LogP contribution in [0.3, 0.4) is 0 Å². The van der Waals surface area contributed by atoms with Crippen LogP contribution in [-0.4, -0.2) is 49.3 Å². The molecule has 0 radical (unpaired) electrons. The molecule has 3 heteroatoms. The van der Waals surface area contributed by atoms with Crippen molar-refractivity contribution in [3.8, 4) is 0 Å². The van der Waals surface area contributed by atoms with Gasteiger partial charge in [-0.3, -0.25) is 0 Å². The smallest absolute Gasteiger partial charge is 0.0597 e. The van der Waals surface area contributed by atoms with Gasteiger partial charge in [0.25, 0.3) is 0 Å². The second kappa shape index (κ2) is 9.86. The zero-order chi connectivity index (χ0) is 13.3. The Labute approximate surface area is 108 Å². The second-order valence-electron chi connectivity index (χ2n) is 5.83. The standard InChI is InChI=1S/C14H32N2O/c1-12(2)6-8-16(9-7-13(3)4)10-14(11-17)15-5/h12-15,17H,6-11H2,1-5H3. The molecule has 0 aromatic heterocycles. The summed E-state index contributed by atoms with van der Waals surface area (Å²) in [5.41, 5.74) is 0. The Hall–Kier alpha value is -0.120. The number of aliphatic hydroxyl groups is 1. The first-order chi connectivity index (χ1) is 7.99. The Kier molecular flexibility index (Phi) is 9.79. The maximum Gasteiger partial charge on any atom is 0.0597 e. The lowest BCUT2D eigenvalue weighted by Gasteiger charge is -2.27. The van der Waals surface area contributed by atoms with Crippen molar-refractivity contribution < 1.29 is 5.11 Å². The lowest BCUT2D eigenvalue weighted by molar-refractivity contribution is 0.175. The van der Waals surface area contributed by atoms with Crippen molar-refractivity contribution in [2.45, 2.75) is 46.6 Å². The van der Waals surface area contributed by atoms with Gasteiger partial charge in [-0.2, -0.15) is 0 Å². The van der Waals surface area contributed by atoms with Crippen LogP contribution in [0.5, 0.6) is 0 Å². The second-order valence-corrected chi connectivity index (χ2v) is 5.83. The molecule has 0 aromatic carbocycles. The fourth-order valence-corrected chi connectivity index (χ4v) is 1.73. The minimum absolute atomic E-state index is 0.203. The summed E-state index contributed by atoms with van der Waals surface area (Å²) >= 11 is 0. The van der Waals surface area contributed by atoms with E-state index in [1.807, 2.05) is 7.05 Å².